The van der Waals surface area contributed by atoms with Gasteiger partial charge >= 0.3 is 0 Å². The van der Waals surface area contributed by atoms with Gasteiger partial charge in [-0.2, -0.15) is 0 Å². The van der Waals surface area contributed by atoms with Gasteiger partial charge < -0.3 is 19.6 Å². The third-order valence-corrected chi connectivity index (χ3v) is 5.59. The Morgan fingerprint density at radius 1 is 1.00 bits per heavy atom. The molecule has 0 aromatic heterocycles. The van der Waals surface area contributed by atoms with Crippen LogP contribution in [-0.2, 0) is 4.79 Å². The van der Waals surface area contributed by atoms with Crippen LogP contribution in [0.15, 0.2) is 42.5 Å². The number of carbonyl (C=O) groups is 2. The van der Waals surface area contributed by atoms with Crippen LogP contribution in [-0.4, -0.2) is 65.6 Å². The van der Waals surface area contributed by atoms with E-state index >= 15 is 0 Å². The first-order valence-electron chi connectivity index (χ1n) is 9.66. The highest BCUT2D eigenvalue weighted by Gasteiger charge is 2.50. The smallest absolute Gasteiger partial charge is 0.254 e. The van der Waals surface area contributed by atoms with Gasteiger partial charge in [0.15, 0.2) is 0 Å². The number of piperazine rings is 1. The molecule has 4 rings (SSSR count). The van der Waals surface area contributed by atoms with Gasteiger partial charge in [-0.3, -0.25) is 9.59 Å². The van der Waals surface area contributed by atoms with E-state index in [2.05, 4.69) is 0 Å². The Kier molecular flexibility index (Phi) is 5.00. The van der Waals surface area contributed by atoms with Gasteiger partial charge in [-0.15, -0.1) is 0 Å². The maximum atomic E-state index is 14.3. The molecule has 0 spiro atoms. The standard InChI is InChI=1S/C22H23FN2O4/c1-29-17-6-7-18(19(23)14-17)15-2-4-16(5-3-15)20(26)24-10-12-25(13-11-24)21(27)22(28)8-9-22/h2-7,14,28H,8-13H2,1H3. The van der Waals surface area contributed by atoms with Gasteiger partial charge in [0.1, 0.15) is 17.2 Å². The number of benzene rings is 2. The summed E-state index contributed by atoms with van der Waals surface area (Å²) in [4.78, 5) is 28.3. The quantitative estimate of drug-likeness (QED) is 0.858. The molecule has 29 heavy (non-hydrogen) atoms. The van der Waals surface area contributed by atoms with Gasteiger partial charge in [-0.05, 0) is 42.7 Å². The van der Waals surface area contributed by atoms with E-state index in [9.17, 15) is 19.1 Å². The van der Waals surface area contributed by atoms with Crippen LogP contribution in [0.4, 0.5) is 4.39 Å². The van der Waals surface area contributed by atoms with E-state index in [1.54, 1.807) is 46.2 Å². The van der Waals surface area contributed by atoms with Gasteiger partial charge in [0.25, 0.3) is 11.8 Å². The summed E-state index contributed by atoms with van der Waals surface area (Å²) in [6, 6.07) is 11.5. The monoisotopic (exact) mass is 398 g/mol. The van der Waals surface area contributed by atoms with Crippen molar-refractivity contribution in [3.63, 3.8) is 0 Å². The summed E-state index contributed by atoms with van der Waals surface area (Å²) in [5.41, 5.74) is 0.464. The third kappa shape index (κ3) is 3.82. The van der Waals surface area contributed by atoms with Crippen molar-refractivity contribution in [3.05, 3.63) is 53.8 Å². The topological polar surface area (TPSA) is 70.1 Å². The fourth-order valence-corrected chi connectivity index (χ4v) is 3.57. The molecule has 1 aliphatic carbocycles. The van der Waals surface area contributed by atoms with Crippen molar-refractivity contribution < 1.29 is 23.8 Å². The molecule has 1 heterocycles. The summed E-state index contributed by atoms with van der Waals surface area (Å²) in [5.74, 6) is -0.287. The van der Waals surface area contributed by atoms with E-state index in [-0.39, 0.29) is 17.6 Å². The number of hydrogen-bond acceptors (Lipinski definition) is 4. The number of carbonyl (C=O) groups excluding carboxylic acids is 2. The molecule has 0 atom stereocenters. The molecule has 2 amide bonds. The molecule has 1 saturated heterocycles. The Labute approximate surface area is 168 Å². The lowest BCUT2D eigenvalue weighted by atomic mass is 10.0. The zero-order valence-corrected chi connectivity index (χ0v) is 16.2. The van der Waals surface area contributed by atoms with Crippen LogP contribution >= 0.6 is 0 Å². The molecule has 1 saturated carbocycles. The van der Waals surface area contributed by atoms with Crippen molar-refractivity contribution in [3.8, 4) is 16.9 Å². The fraction of sp³-hybridized carbons (Fsp3) is 0.364. The molecule has 1 N–H and O–H groups in total. The van der Waals surface area contributed by atoms with E-state index in [1.807, 2.05) is 0 Å². The predicted octanol–water partition coefficient (Wildman–Crippen LogP) is 2.31. The van der Waals surface area contributed by atoms with Crippen LogP contribution in [0.1, 0.15) is 23.2 Å². The number of nitrogens with zero attached hydrogens (tertiary/aromatic N) is 2. The second-order valence-corrected chi connectivity index (χ2v) is 7.54. The second kappa shape index (κ2) is 7.48. The first-order chi connectivity index (χ1) is 13.9. The minimum Gasteiger partial charge on any atom is -0.497 e. The Hall–Kier alpha value is -2.93. The fourth-order valence-electron chi connectivity index (χ4n) is 3.57. The molecule has 7 heteroatoms. The summed E-state index contributed by atoms with van der Waals surface area (Å²) < 4.78 is 19.3. The molecule has 1 aliphatic heterocycles. The zero-order chi connectivity index (χ0) is 20.6. The summed E-state index contributed by atoms with van der Waals surface area (Å²) >= 11 is 0. The Morgan fingerprint density at radius 2 is 1.62 bits per heavy atom. The first-order valence-corrected chi connectivity index (χ1v) is 9.66. The number of halogens is 1. The zero-order valence-electron chi connectivity index (χ0n) is 16.2. The van der Waals surface area contributed by atoms with E-state index in [0.29, 0.717) is 61.5 Å². The highest BCUT2D eigenvalue weighted by Crippen LogP contribution is 2.37. The van der Waals surface area contributed by atoms with Gasteiger partial charge in [-0.25, -0.2) is 4.39 Å². The van der Waals surface area contributed by atoms with Crippen LogP contribution < -0.4 is 4.74 Å². The summed E-state index contributed by atoms with van der Waals surface area (Å²) in [7, 11) is 1.48. The summed E-state index contributed by atoms with van der Waals surface area (Å²) in [5, 5.41) is 9.97. The molecule has 0 unspecified atom stereocenters. The molecule has 6 nitrogen and oxygen atoms in total. The van der Waals surface area contributed by atoms with Gasteiger partial charge in [0, 0.05) is 43.4 Å². The van der Waals surface area contributed by atoms with Crippen molar-refractivity contribution in [1.82, 2.24) is 9.80 Å². The first kappa shape index (κ1) is 19.4. The number of aliphatic hydroxyl groups is 1. The molecule has 0 radical (unpaired) electrons. The van der Waals surface area contributed by atoms with Crippen molar-refractivity contribution >= 4 is 11.8 Å². The molecule has 2 aromatic rings. The lowest BCUT2D eigenvalue weighted by Gasteiger charge is -2.35. The number of ether oxygens (including phenoxy) is 1. The van der Waals surface area contributed by atoms with Gasteiger partial charge in [0.05, 0.1) is 7.11 Å². The number of amides is 2. The number of hydrogen-bond donors (Lipinski definition) is 1. The maximum Gasteiger partial charge on any atom is 0.254 e. The summed E-state index contributed by atoms with van der Waals surface area (Å²) in [6.45, 7) is 1.69. The molecular weight excluding hydrogens is 375 g/mol. The normalized spacial score (nSPS) is 17.8. The minimum atomic E-state index is -1.17. The van der Waals surface area contributed by atoms with Crippen LogP contribution in [0.2, 0.25) is 0 Å². The lowest BCUT2D eigenvalue weighted by molar-refractivity contribution is -0.143. The Bertz CT molecular complexity index is 932. The molecule has 2 fully saturated rings. The van der Waals surface area contributed by atoms with Crippen molar-refractivity contribution in [2.75, 3.05) is 33.3 Å². The molecule has 2 aliphatic rings. The number of methoxy groups -OCH3 is 1. The van der Waals surface area contributed by atoms with E-state index < -0.39 is 5.60 Å². The van der Waals surface area contributed by atoms with Crippen LogP contribution in [0.5, 0.6) is 5.75 Å². The minimum absolute atomic E-state index is 0.121. The van der Waals surface area contributed by atoms with Crippen molar-refractivity contribution in [2.45, 2.75) is 18.4 Å². The van der Waals surface area contributed by atoms with Crippen molar-refractivity contribution in [2.24, 2.45) is 0 Å². The summed E-state index contributed by atoms with van der Waals surface area (Å²) in [6.07, 6.45) is 1.04. The van der Waals surface area contributed by atoms with Crippen molar-refractivity contribution in [1.29, 1.82) is 0 Å². The predicted molar refractivity (Wildman–Crippen MR) is 105 cm³/mol. The van der Waals surface area contributed by atoms with E-state index in [0.717, 1.165) is 0 Å². The van der Waals surface area contributed by atoms with Crippen LogP contribution in [0, 0.1) is 5.82 Å². The molecular formula is C22H23FN2O4. The second-order valence-electron chi connectivity index (χ2n) is 7.54. The van der Waals surface area contributed by atoms with Crippen LogP contribution in [0.3, 0.4) is 0 Å². The third-order valence-electron chi connectivity index (χ3n) is 5.59. The SMILES string of the molecule is COc1ccc(-c2ccc(C(=O)N3CCN(C(=O)C4(O)CC4)CC3)cc2)c(F)c1. The largest absolute Gasteiger partial charge is 0.497 e. The average Bonchev–Trinajstić information content (AvgIpc) is 3.51. The van der Waals surface area contributed by atoms with Crippen LogP contribution in [0.25, 0.3) is 11.1 Å². The van der Waals surface area contributed by atoms with Gasteiger partial charge in [0.2, 0.25) is 0 Å². The van der Waals surface area contributed by atoms with E-state index in [4.69, 9.17) is 4.74 Å². The Balaban J connectivity index is 1.40. The maximum absolute atomic E-state index is 14.3. The lowest BCUT2D eigenvalue weighted by Crippen LogP contribution is -2.53. The average molecular weight is 398 g/mol. The Morgan fingerprint density at radius 3 is 2.17 bits per heavy atom. The molecule has 152 valence electrons. The van der Waals surface area contributed by atoms with E-state index in [1.165, 1.54) is 13.2 Å². The highest BCUT2D eigenvalue weighted by molar-refractivity contribution is 5.95. The highest BCUT2D eigenvalue weighted by atomic mass is 19.1. The van der Waals surface area contributed by atoms with Gasteiger partial charge in [-0.1, -0.05) is 12.1 Å². The number of rotatable bonds is 4. The molecule has 0 bridgehead atoms. The molecule has 2 aromatic carbocycles.